The second-order valence-electron chi connectivity index (χ2n) is 2.29. The molecule has 1 heterocycles. The fourth-order valence-corrected chi connectivity index (χ4v) is 0.852. The van der Waals surface area contributed by atoms with Gasteiger partial charge in [-0.15, -0.1) is 0 Å². The lowest BCUT2D eigenvalue weighted by Crippen LogP contribution is -3.05. The molecule has 8 heavy (non-hydrogen) atoms. The lowest BCUT2D eigenvalue weighted by Gasteiger charge is -1.92. The minimum atomic E-state index is 1.37. The summed E-state index contributed by atoms with van der Waals surface area (Å²) in [5, 5.41) is 0. The van der Waals surface area contributed by atoms with Crippen molar-refractivity contribution >= 4 is 6.34 Å². The van der Waals surface area contributed by atoms with E-state index in [2.05, 4.69) is 31.1 Å². The molecule has 1 rings (SSSR count). The van der Waals surface area contributed by atoms with Crippen LogP contribution in [0, 0.1) is 0 Å². The molecule has 2 heteroatoms. The lowest BCUT2D eigenvalue weighted by atomic mass is 10.5. The molecule has 1 unspecified atom stereocenters. The Balaban J connectivity index is 2.78. The molecule has 0 saturated carbocycles. The molecule has 1 aliphatic rings. The quantitative estimate of drug-likeness (QED) is 0.386. The van der Waals surface area contributed by atoms with Crippen LogP contribution in [0.1, 0.15) is 6.92 Å². The smallest absolute Gasteiger partial charge is 0.223 e. The number of hydrogen-bond acceptors (Lipinski definition) is 0. The largest absolute Gasteiger partial charge is 0.335 e. The highest BCUT2D eigenvalue weighted by atomic mass is 15.2. The Morgan fingerprint density at radius 3 is 2.38 bits per heavy atom. The number of hydrogen-bond donors (Lipinski definition) is 1. The highest BCUT2D eigenvalue weighted by Gasteiger charge is 2.15. The summed E-state index contributed by atoms with van der Waals surface area (Å²) in [5.41, 5.74) is 1.37. The van der Waals surface area contributed by atoms with E-state index >= 15 is 0 Å². The molecule has 2 nitrogen and oxygen atoms in total. The fraction of sp³-hybridized carbons (Fsp3) is 0.500. The van der Waals surface area contributed by atoms with Gasteiger partial charge in [0.2, 0.25) is 6.20 Å². The Morgan fingerprint density at radius 2 is 2.25 bits per heavy atom. The predicted octanol–water partition coefficient (Wildman–Crippen LogP) is -0.953. The molecule has 0 aromatic rings. The van der Waals surface area contributed by atoms with Gasteiger partial charge in [-0.3, -0.25) is 0 Å². The molecule has 1 aliphatic heterocycles. The topological polar surface area (TPSA) is 7.45 Å². The van der Waals surface area contributed by atoms with Gasteiger partial charge in [-0.25, -0.2) is 4.90 Å². The standard InChI is InChI=1S/C6H11N2/c1-6-4-7(2)5-8(6)3/h4-5H,1-3H3/q+1/p+1. The summed E-state index contributed by atoms with van der Waals surface area (Å²) in [7, 11) is 4.16. The molecule has 0 radical (unpaired) electrons. The zero-order valence-electron chi connectivity index (χ0n) is 5.60. The van der Waals surface area contributed by atoms with Crippen molar-refractivity contribution in [2.45, 2.75) is 6.92 Å². The van der Waals surface area contributed by atoms with Gasteiger partial charge in [0.1, 0.15) is 7.05 Å². The summed E-state index contributed by atoms with van der Waals surface area (Å²) in [6, 6.07) is 0. The summed E-state index contributed by atoms with van der Waals surface area (Å²) in [6.07, 6.45) is 4.24. The molecule has 44 valence electrons. The monoisotopic (exact) mass is 112 g/mol. The molecule has 1 atom stereocenters. The summed E-state index contributed by atoms with van der Waals surface area (Å²) < 4.78 is 2.07. The molecule has 0 aromatic carbocycles. The number of rotatable bonds is 0. The first-order valence-electron chi connectivity index (χ1n) is 2.79. The van der Waals surface area contributed by atoms with Crippen molar-refractivity contribution < 1.29 is 9.48 Å². The van der Waals surface area contributed by atoms with Gasteiger partial charge in [0, 0.05) is 6.92 Å². The van der Waals surface area contributed by atoms with Gasteiger partial charge < -0.3 is 0 Å². The summed E-state index contributed by atoms with van der Waals surface area (Å²) >= 11 is 0. The molecule has 0 amide bonds. The van der Waals surface area contributed by atoms with E-state index in [0.29, 0.717) is 0 Å². The molecule has 1 N–H and O–H groups in total. The van der Waals surface area contributed by atoms with Gasteiger partial charge >= 0.3 is 6.34 Å². The third-order valence-corrected chi connectivity index (χ3v) is 1.42. The van der Waals surface area contributed by atoms with Gasteiger partial charge in [0.05, 0.1) is 7.05 Å². The van der Waals surface area contributed by atoms with E-state index in [9.17, 15) is 0 Å². The van der Waals surface area contributed by atoms with Crippen molar-refractivity contribution in [3.63, 3.8) is 0 Å². The van der Waals surface area contributed by atoms with E-state index in [1.807, 2.05) is 7.05 Å². The van der Waals surface area contributed by atoms with Crippen LogP contribution >= 0.6 is 0 Å². The van der Waals surface area contributed by atoms with Crippen LogP contribution in [0.5, 0.6) is 0 Å². The summed E-state index contributed by atoms with van der Waals surface area (Å²) in [6.45, 7) is 2.12. The highest BCUT2D eigenvalue weighted by Crippen LogP contribution is 1.81. The van der Waals surface area contributed by atoms with Crippen LogP contribution in [-0.2, 0) is 0 Å². The number of quaternary nitrogens is 1. The van der Waals surface area contributed by atoms with Crippen LogP contribution in [0.2, 0.25) is 0 Å². The van der Waals surface area contributed by atoms with Crippen molar-refractivity contribution in [1.29, 1.82) is 0 Å². The van der Waals surface area contributed by atoms with Crippen LogP contribution < -0.4 is 4.90 Å². The first-order valence-corrected chi connectivity index (χ1v) is 2.79. The van der Waals surface area contributed by atoms with Crippen molar-refractivity contribution in [3.05, 3.63) is 11.9 Å². The van der Waals surface area contributed by atoms with Gasteiger partial charge in [-0.1, -0.05) is 0 Å². The Morgan fingerprint density at radius 1 is 1.62 bits per heavy atom. The zero-order chi connectivity index (χ0) is 6.15. The Hall–Kier alpha value is -0.630. The van der Waals surface area contributed by atoms with E-state index in [-0.39, 0.29) is 0 Å². The molecule has 0 fully saturated rings. The maximum absolute atomic E-state index is 2.12. The van der Waals surface area contributed by atoms with Gasteiger partial charge in [0.15, 0.2) is 5.70 Å². The van der Waals surface area contributed by atoms with Crippen molar-refractivity contribution in [1.82, 2.24) is 0 Å². The van der Waals surface area contributed by atoms with Gasteiger partial charge in [-0.05, 0) is 0 Å². The van der Waals surface area contributed by atoms with Gasteiger partial charge in [0.25, 0.3) is 0 Å². The Labute approximate surface area is 49.7 Å². The van der Waals surface area contributed by atoms with Crippen LogP contribution in [0.3, 0.4) is 0 Å². The first-order chi connectivity index (χ1) is 3.70. The maximum atomic E-state index is 2.12. The average molecular weight is 112 g/mol. The van der Waals surface area contributed by atoms with Crippen molar-refractivity contribution in [3.8, 4) is 0 Å². The molecule has 0 bridgehead atoms. The number of nitrogens with one attached hydrogen (secondary N) is 1. The van der Waals surface area contributed by atoms with Crippen LogP contribution in [0.15, 0.2) is 11.9 Å². The lowest BCUT2D eigenvalue weighted by molar-refractivity contribution is -0.738. The number of allylic oxidation sites excluding steroid dienone is 1. The molecule has 0 spiro atoms. The van der Waals surface area contributed by atoms with Crippen molar-refractivity contribution in [2.24, 2.45) is 0 Å². The zero-order valence-corrected chi connectivity index (χ0v) is 5.60. The minimum Gasteiger partial charge on any atom is -0.223 e. The molecule has 0 aliphatic carbocycles. The van der Waals surface area contributed by atoms with Gasteiger partial charge in [-0.2, -0.15) is 4.58 Å². The fourth-order valence-electron chi connectivity index (χ4n) is 0.852. The summed E-state index contributed by atoms with van der Waals surface area (Å²) in [5.74, 6) is 0. The molecular weight excluding hydrogens is 100 g/mol. The third-order valence-electron chi connectivity index (χ3n) is 1.42. The highest BCUT2D eigenvalue weighted by molar-refractivity contribution is 5.39. The molecular formula is C6H12N2+2. The van der Waals surface area contributed by atoms with Crippen LogP contribution in [-0.4, -0.2) is 25.0 Å². The SMILES string of the molecule is CC1=C[N+](C)=C[NH+]1C. The minimum absolute atomic E-state index is 1.37. The summed E-state index contributed by atoms with van der Waals surface area (Å²) in [4.78, 5) is 1.37. The van der Waals surface area contributed by atoms with E-state index in [4.69, 9.17) is 0 Å². The van der Waals surface area contributed by atoms with Crippen LogP contribution in [0.4, 0.5) is 0 Å². The second kappa shape index (κ2) is 1.71. The van der Waals surface area contributed by atoms with Crippen LogP contribution in [0.25, 0.3) is 0 Å². The average Bonchev–Trinajstić information content (AvgIpc) is 1.85. The maximum Gasteiger partial charge on any atom is 0.335 e. The first kappa shape index (κ1) is 5.51. The van der Waals surface area contributed by atoms with E-state index in [1.54, 1.807) is 0 Å². The molecule has 0 saturated heterocycles. The third kappa shape index (κ3) is 0.793. The Bertz CT molecular complexity index is 156. The van der Waals surface area contributed by atoms with E-state index in [1.165, 1.54) is 10.6 Å². The van der Waals surface area contributed by atoms with E-state index < -0.39 is 0 Å². The molecule has 0 aromatic heterocycles. The van der Waals surface area contributed by atoms with Crippen molar-refractivity contribution in [2.75, 3.05) is 14.1 Å². The predicted molar refractivity (Wildman–Crippen MR) is 32.9 cm³/mol. The second-order valence-corrected chi connectivity index (χ2v) is 2.29. The normalized spacial score (nSPS) is 27.6. The number of nitrogens with zero attached hydrogens (tertiary/aromatic N) is 1. The van der Waals surface area contributed by atoms with E-state index in [0.717, 1.165) is 0 Å². The Kier molecular flexibility index (Phi) is 1.18.